The number of carbonyl (C=O) groups excluding carboxylic acids is 3. The Morgan fingerprint density at radius 2 is 1.11 bits per heavy atom. The van der Waals surface area contributed by atoms with Crippen molar-refractivity contribution in [3.05, 3.63) is 59.9 Å². The standard InChI is InChI=1S/C25H29F3N6O5.C21H24N6O6.C3H6F3N/c1-14(25(26,27)28)10-19(35)17-4-5-18-22(29-17)34(15-8-9-33(18)11-15)23(36)30-20-6-7-21(32-31-20)37-12-16-13-38-24(2,3)39-16;1-21(2)32-11-13(33-21)10-31-17-6-5-16(24-25-17)23-20(30)27-12-7-8-26(9-12)15-4-3-14(19(28)29)22-18(15)27;1-2(7)3(4,5)6/h4-7,14-16H,8-13H2,1-3H3,(H,30,31,36);3-6,12-13H,7-11H2,1-2H3,(H,28,29)(H,23,24,30);2H,7H2,1H3/t14-,15-,16+;12-,13+;2-/m001/s1. The third kappa shape index (κ3) is 14.3. The molecule has 5 N–H and O–H groups in total. The maximum atomic E-state index is 13.3. The van der Waals surface area contributed by atoms with Crippen LogP contribution in [0.2, 0.25) is 0 Å². The number of carbonyl (C=O) groups is 4. The quantitative estimate of drug-likeness (QED) is 0.0878. The van der Waals surface area contributed by atoms with Crippen LogP contribution in [0.1, 0.15) is 81.8 Å². The number of hydrogen-bond donors (Lipinski definition) is 4. The third-order valence-electron chi connectivity index (χ3n) is 13.1. The van der Waals surface area contributed by atoms with Crippen molar-refractivity contribution in [2.75, 3.05) is 82.8 Å². The summed E-state index contributed by atoms with van der Waals surface area (Å²) in [7, 11) is 0. The topological polar surface area (TPSA) is 284 Å². The van der Waals surface area contributed by atoms with Crippen LogP contribution in [0.15, 0.2) is 48.5 Å². The first kappa shape index (κ1) is 57.9. The molecular formula is C49H59F6N13O11. The lowest BCUT2D eigenvalue weighted by Gasteiger charge is -2.35. The number of nitrogens with zero attached hydrogens (tertiary/aromatic N) is 10. The minimum Gasteiger partial charge on any atom is -0.477 e. The minimum atomic E-state index is -4.49. The van der Waals surface area contributed by atoms with Gasteiger partial charge in [-0.15, -0.1) is 20.4 Å². The number of nitrogens with two attached hydrogens (primary N) is 1. The van der Waals surface area contributed by atoms with Crippen molar-refractivity contribution in [3.8, 4) is 11.8 Å². The molecule has 4 amide bonds. The highest BCUT2D eigenvalue weighted by Crippen LogP contribution is 2.41. The van der Waals surface area contributed by atoms with Crippen LogP contribution in [0.4, 0.5) is 70.6 Å². The lowest BCUT2D eigenvalue weighted by Crippen LogP contribution is -2.48. The van der Waals surface area contributed by atoms with Gasteiger partial charge in [-0.1, -0.05) is 6.92 Å². The van der Waals surface area contributed by atoms with Gasteiger partial charge in [-0.2, -0.15) is 26.3 Å². The minimum absolute atomic E-state index is 0.109. The molecular weight excluding hydrogens is 1060 g/mol. The summed E-state index contributed by atoms with van der Waals surface area (Å²) >= 11 is 0. The van der Waals surface area contributed by atoms with Crippen LogP contribution in [-0.2, 0) is 18.9 Å². The number of rotatable bonds is 12. The number of halogens is 6. The van der Waals surface area contributed by atoms with Crippen molar-refractivity contribution in [2.45, 2.75) is 115 Å². The zero-order valence-corrected chi connectivity index (χ0v) is 43.7. The average Bonchev–Trinajstić information content (AvgIpc) is 4.32. The molecule has 6 atom stereocenters. The Balaban J connectivity index is 0.000000188. The number of pyridine rings is 2. The van der Waals surface area contributed by atoms with E-state index in [0.29, 0.717) is 56.7 Å². The van der Waals surface area contributed by atoms with Gasteiger partial charge in [-0.25, -0.2) is 24.4 Å². The van der Waals surface area contributed by atoms with Crippen molar-refractivity contribution in [1.29, 1.82) is 0 Å². The largest absolute Gasteiger partial charge is 0.477 e. The number of hydrogen-bond acceptors (Lipinski definition) is 19. The highest BCUT2D eigenvalue weighted by molar-refractivity contribution is 6.06. The van der Waals surface area contributed by atoms with Crippen LogP contribution >= 0.6 is 0 Å². The summed E-state index contributed by atoms with van der Waals surface area (Å²) in [6, 6.07) is 9.45. The van der Waals surface area contributed by atoms with Crippen LogP contribution in [0.5, 0.6) is 11.8 Å². The molecule has 4 aromatic heterocycles. The third-order valence-corrected chi connectivity index (χ3v) is 13.1. The molecule has 10 rings (SSSR count). The van der Waals surface area contributed by atoms with Crippen LogP contribution in [0.25, 0.3) is 0 Å². The number of anilines is 6. The van der Waals surface area contributed by atoms with Gasteiger partial charge in [-0.05, 0) is 83.9 Å². The Bertz CT molecular complexity index is 2850. The molecule has 0 aliphatic carbocycles. The average molecular weight is 1120 g/mol. The second kappa shape index (κ2) is 23.2. The Kier molecular flexibility index (Phi) is 17.0. The smallest absolute Gasteiger partial charge is 0.403 e. The van der Waals surface area contributed by atoms with Gasteiger partial charge in [0.1, 0.15) is 31.1 Å². The second-order valence-corrected chi connectivity index (χ2v) is 20.2. The Morgan fingerprint density at radius 1 is 0.684 bits per heavy atom. The number of fused-ring (bicyclic) bond motifs is 8. The number of urea groups is 2. The lowest BCUT2D eigenvalue weighted by molar-refractivity contribution is -0.168. The van der Waals surface area contributed by atoms with Crippen LogP contribution in [0, 0.1) is 5.92 Å². The number of amides is 4. The van der Waals surface area contributed by atoms with Crippen molar-refractivity contribution >= 4 is 58.5 Å². The fraction of sp³-hybridized carbons (Fsp3) is 0.551. The number of nitrogens with one attached hydrogen (secondary N) is 2. The summed E-state index contributed by atoms with van der Waals surface area (Å²) in [5.74, 6) is -3.49. The lowest BCUT2D eigenvalue weighted by atomic mass is 10.0. The van der Waals surface area contributed by atoms with E-state index in [1.807, 2.05) is 32.6 Å². The highest BCUT2D eigenvalue weighted by Gasteiger charge is 2.44. The zero-order valence-electron chi connectivity index (χ0n) is 43.7. The molecule has 0 unspecified atom stereocenters. The maximum Gasteiger partial charge on any atom is 0.403 e. The number of ether oxygens (including phenoxy) is 6. The van der Waals surface area contributed by atoms with Gasteiger partial charge >= 0.3 is 30.4 Å². The van der Waals surface area contributed by atoms with Crippen LogP contribution < -0.4 is 45.4 Å². The fourth-order valence-electron chi connectivity index (χ4n) is 9.03. The number of carboxylic acid groups (broad SMARTS) is 1. The van der Waals surface area contributed by atoms with E-state index in [1.54, 1.807) is 30.3 Å². The summed E-state index contributed by atoms with van der Waals surface area (Å²) in [6.07, 6.45) is -8.45. The van der Waals surface area contributed by atoms with Crippen molar-refractivity contribution in [1.82, 2.24) is 30.4 Å². The monoisotopic (exact) mass is 1120 g/mol. The molecule has 30 heteroatoms. The zero-order chi connectivity index (χ0) is 57.2. The van der Waals surface area contributed by atoms with Crippen molar-refractivity contribution in [2.24, 2.45) is 11.7 Å². The molecule has 0 aromatic carbocycles. The molecule has 0 saturated carbocycles. The summed E-state index contributed by atoms with van der Waals surface area (Å²) in [5, 5.41) is 30.8. The first-order chi connectivity index (χ1) is 37.1. The predicted molar refractivity (Wildman–Crippen MR) is 268 cm³/mol. The molecule has 428 valence electrons. The molecule has 6 aliphatic rings. The van der Waals surface area contributed by atoms with E-state index in [-0.39, 0.29) is 72.2 Å². The maximum absolute atomic E-state index is 13.3. The second-order valence-electron chi connectivity index (χ2n) is 20.2. The van der Waals surface area contributed by atoms with Crippen molar-refractivity contribution in [3.63, 3.8) is 0 Å². The van der Waals surface area contributed by atoms with Gasteiger partial charge in [-0.3, -0.25) is 25.2 Å². The van der Waals surface area contributed by atoms with Gasteiger partial charge < -0.3 is 49.1 Å². The molecule has 24 nitrogen and oxygen atoms in total. The molecule has 4 aromatic rings. The molecule has 4 saturated heterocycles. The van der Waals surface area contributed by atoms with Gasteiger partial charge in [0.15, 0.2) is 46.3 Å². The molecule has 10 heterocycles. The Hall–Kier alpha value is -7.28. The van der Waals surface area contributed by atoms with E-state index in [4.69, 9.17) is 28.4 Å². The first-order valence-corrected chi connectivity index (χ1v) is 25.1. The van der Waals surface area contributed by atoms with Crippen LogP contribution in [0.3, 0.4) is 0 Å². The van der Waals surface area contributed by atoms with Gasteiger partial charge in [0.2, 0.25) is 11.8 Å². The van der Waals surface area contributed by atoms with Crippen molar-refractivity contribution < 1.29 is 79.0 Å². The Labute approximate surface area is 448 Å². The normalized spacial score (nSPS) is 22.0. The van der Waals surface area contributed by atoms with E-state index in [0.717, 1.165) is 32.5 Å². The van der Waals surface area contributed by atoms with Crippen LogP contribution in [-0.4, -0.2) is 166 Å². The molecule has 4 fully saturated rings. The number of aromatic carboxylic acids is 1. The van der Waals surface area contributed by atoms with Gasteiger partial charge in [0.05, 0.1) is 48.6 Å². The molecule has 4 bridgehead atoms. The van der Waals surface area contributed by atoms with E-state index in [9.17, 15) is 50.6 Å². The van der Waals surface area contributed by atoms with Gasteiger partial charge in [0.25, 0.3) is 0 Å². The summed E-state index contributed by atoms with van der Waals surface area (Å²) < 4.78 is 106. The summed E-state index contributed by atoms with van der Waals surface area (Å²) in [4.78, 5) is 66.1. The fourth-order valence-corrected chi connectivity index (χ4v) is 9.03. The van der Waals surface area contributed by atoms with E-state index >= 15 is 0 Å². The number of Topliss-reactive ketones (excluding diaryl/α,β-unsaturated/α-hetero) is 1. The Morgan fingerprint density at radius 3 is 1.48 bits per heavy atom. The molecule has 0 spiro atoms. The number of ketones is 1. The molecule has 79 heavy (non-hydrogen) atoms. The number of aromatic nitrogens is 6. The first-order valence-electron chi connectivity index (χ1n) is 25.1. The number of carboxylic acids is 1. The summed E-state index contributed by atoms with van der Waals surface area (Å²) in [6.45, 7) is 13.2. The molecule has 6 aliphatic heterocycles. The van der Waals surface area contributed by atoms with E-state index < -0.39 is 66.1 Å². The van der Waals surface area contributed by atoms with E-state index in [1.165, 1.54) is 28.0 Å². The highest BCUT2D eigenvalue weighted by atomic mass is 19.4. The predicted octanol–water partition coefficient (Wildman–Crippen LogP) is 6.43. The van der Waals surface area contributed by atoms with E-state index in [2.05, 4.69) is 51.6 Å². The number of alkyl halides is 6. The molecule has 0 radical (unpaired) electrons. The van der Waals surface area contributed by atoms with Gasteiger partial charge in [0, 0.05) is 44.7 Å². The SMILES string of the molecule is CC1(C)OC[C@@H](COc2ccc(NC(=O)N3c4nc(C(=O)O)ccc4N4CC[C@H]3C4)nn2)O1.C[C@@H](CC(=O)c1ccc2c(n1)N(C(=O)Nc1ccc(OC[C@@H]3COC(C)(C)O3)nn1)[C@H]1CCN2C1)C(F)(F)F.C[C@@H](N)C(F)(F)F. The summed E-state index contributed by atoms with van der Waals surface area (Å²) in [5.41, 5.74) is 5.58.